The highest BCUT2D eigenvalue weighted by Crippen LogP contribution is 2.14. The maximum atomic E-state index is 11.3. The minimum absolute atomic E-state index is 0.208. The van der Waals surface area contributed by atoms with E-state index in [1.54, 1.807) is 30.5 Å². The smallest absolute Gasteiger partial charge is 0.321 e. The van der Waals surface area contributed by atoms with Crippen LogP contribution in [0.5, 0.6) is 6.01 Å². The van der Waals surface area contributed by atoms with E-state index in [4.69, 9.17) is 15.2 Å². The van der Waals surface area contributed by atoms with Crippen LogP contribution in [0.4, 0.5) is 11.6 Å². The van der Waals surface area contributed by atoms with Gasteiger partial charge < -0.3 is 20.1 Å². The van der Waals surface area contributed by atoms with Crippen molar-refractivity contribution in [3.63, 3.8) is 0 Å². The van der Waals surface area contributed by atoms with Crippen LogP contribution < -0.4 is 20.8 Å². The molecule has 1 aliphatic heterocycles. The molecule has 1 saturated heterocycles. The van der Waals surface area contributed by atoms with Crippen LogP contribution in [-0.2, 0) is 11.2 Å². The maximum absolute atomic E-state index is 11.3. The number of morpholine rings is 1. The zero-order chi connectivity index (χ0) is 22.9. The highest BCUT2D eigenvalue weighted by atomic mass is 16.5. The summed E-state index contributed by atoms with van der Waals surface area (Å²) in [6.45, 7) is 2.92. The van der Waals surface area contributed by atoms with Crippen LogP contribution in [0.1, 0.15) is 21.9 Å². The summed E-state index contributed by atoms with van der Waals surface area (Å²) < 4.78 is 11.2. The van der Waals surface area contributed by atoms with Gasteiger partial charge in [-0.05, 0) is 30.3 Å². The first kappa shape index (κ1) is 22.1. The molecule has 33 heavy (non-hydrogen) atoms. The molecule has 1 aliphatic rings. The number of carbonyl (C=O) groups is 1. The van der Waals surface area contributed by atoms with Crippen molar-refractivity contribution in [1.29, 1.82) is 0 Å². The van der Waals surface area contributed by atoms with Crippen molar-refractivity contribution >= 4 is 23.8 Å². The second-order valence-electron chi connectivity index (χ2n) is 7.11. The Kier molecular flexibility index (Phi) is 7.33. The van der Waals surface area contributed by atoms with Gasteiger partial charge in [-0.15, -0.1) is 0 Å². The lowest BCUT2D eigenvalue weighted by Gasteiger charge is -2.26. The second-order valence-corrected chi connectivity index (χ2v) is 7.11. The Bertz CT molecular complexity index is 1100. The van der Waals surface area contributed by atoms with E-state index in [9.17, 15) is 4.79 Å². The van der Waals surface area contributed by atoms with Gasteiger partial charge in [0.2, 0.25) is 11.9 Å². The van der Waals surface area contributed by atoms with Crippen molar-refractivity contribution < 1.29 is 14.3 Å². The standard InChI is InChI=1S/C22H24N8O3/c23-20(31)16-4-3-6-18(14-16)29-25-15-19-26-21(30-9-12-32-13-10-30)28-22(27-19)33-11-7-17-5-1-2-8-24-17/h1-6,8,14-15,29H,7,9-13H2,(H2,23,31). The van der Waals surface area contributed by atoms with Crippen LogP contribution >= 0.6 is 0 Å². The Labute approximate surface area is 190 Å². The maximum Gasteiger partial charge on any atom is 0.321 e. The number of pyridine rings is 1. The topological polar surface area (TPSA) is 141 Å². The molecule has 0 atom stereocenters. The summed E-state index contributed by atoms with van der Waals surface area (Å²) in [4.78, 5) is 31.0. The minimum Gasteiger partial charge on any atom is -0.463 e. The molecule has 11 nitrogen and oxygen atoms in total. The van der Waals surface area contributed by atoms with E-state index in [1.807, 2.05) is 23.1 Å². The molecule has 0 saturated carbocycles. The van der Waals surface area contributed by atoms with Gasteiger partial charge in [0, 0.05) is 37.0 Å². The number of hydrogen-bond donors (Lipinski definition) is 2. The average molecular weight is 448 g/mol. The number of hydrogen-bond acceptors (Lipinski definition) is 10. The fourth-order valence-corrected chi connectivity index (χ4v) is 3.09. The molecular weight excluding hydrogens is 424 g/mol. The van der Waals surface area contributed by atoms with E-state index in [-0.39, 0.29) is 6.01 Å². The number of hydrazone groups is 1. The Hall–Kier alpha value is -4.12. The third-order valence-corrected chi connectivity index (χ3v) is 4.75. The first-order chi connectivity index (χ1) is 16.2. The SMILES string of the molecule is NC(=O)c1cccc(NN=Cc2nc(OCCc3ccccn3)nc(N3CCOCC3)n2)c1. The molecule has 0 unspecified atom stereocenters. The van der Waals surface area contributed by atoms with Crippen molar-refractivity contribution in [2.24, 2.45) is 10.8 Å². The predicted octanol–water partition coefficient (Wildman–Crippen LogP) is 1.27. The highest BCUT2D eigenvalue weighted by Gasteiger charge is 2.17. The number of rotatable bonds is 9. The fraction of sp³-hybridized carbons (Fsp3) is 0.273. The van der Waals surface area contributed by atoms with Gasteiger partial charge in [0.1, 0.15) is 0 Å². The summed E-state index contributed by atoms with van der Waals surface area (Å²) in [5.41, 5.74) is 10.1. The van der Waals surface area contributed by atoms with Gasteiger partial charge in [-0.25, -0.2) is 0 Å². The monoisotopic (exact) mass is 448 g/mol. The van der Waals surface area contributed by atoms with E-state index in [0.29, 0.717) is 62.4 Å². The first-order valence-electron chi connectivity index (χ1n) is 10.5. The van der Waals surface area contributed by atoms with Gasteiger partial charge in [-0.1, -0.05) is 12.1 Å². The number of benzene rings is 1. The van der Waals surface area contributed by atoms with Crippen molar-refractivity contribution in [3.05, 3.63) is 65.7 Å². The van der Waals surface area contributed by atoms with Crippen molar-refractivity contribution in [3.8, 4) is 6.01 Å². The lowest BCUT2D eigenvalue weighted by atomic mass is 10.2. The lowest BCUT2D eigenvalue weighted by molar-refractivity contribution is 0.100. The predicted molar refractivity (Wildman–Crippen MR) is 122 cm³/mol. The quantitative estimate of drug-likeness (QED) is 0.366. The molecule has 1 aromatic carbocycles. The zero-order valence-corrected chi connectivity index (χ0v) is 17.9. The third-order valence-electron chi connectivity index (χ3n) is 4.75. The average Bonchev–Trinajstić information content (AvgIpc) is 2.85. The molecule has 2 aromatic heterocycles. The van der Waals surface area contributed by atoms with Gasteiger partial charge in [-0.2, -0.15) is 20.1 Å². The minimum atomic E-state index is -0.511. The number of nitrogens with two attached hydrogens (primary N) is 1. The normalized spacial score (nSPS) is 13.8. The van der Waals surface area contributed by atoms with E-state index in [0.717, 1.165) is 5.69 Å². The van der Waals surface area contributed by atoms with Crippen LogP contribution in [-0.4, -0.2) is 65.0 Å². The number of ether oxygens (including phenoxy) is 2. The van der Waals surface area contributed by atoms with Crippen LogP contribution in [0.3, 0.4) is 0 Å². The molecule has 170 valence electrons. The lowest BCUT2D eigenvalue weighted by Crippen LogP contribution is -2.37. The Morgan fingerprint density at radius 3 is 2.85 bits per heavy atom. The van der Waals surface area contributed by atoms with E-state index >= 15 is 0 Å². The molecule has 0 bridgehead atoms. The fourth-order valence-electron chi connectivity index (χ4n) is 3.09. The molecule has 0 radical (unpaired) electrons. The number of carbonyl (C=O) groups excluding carboxylic acids is 1. The summed E-state index contributed by atoms with van der Waals surface area (Å²) >= 11 is 0. The number of amides is 1. The van der Waals surface area contributed by atoms with Gasteiger partial charge in [-0.3, -0.25) is 15.2 Å². The van der Waals surface area contributed by atoms with E-state index in [1.165, 1.54) is 6.21 Å². The van der Waals surface area contributed by atoms with Gasteiger partial charge in [0.15, 0.2) is 5.82 Å². The summed E-state index contributed by atoms with van der Waals surface area (Å²) in [6, 6.07) is 12.7. The van der Waals surface area contributed by atoms with Gasteiger partial charge >= 0.3 is 6.01 Å². The number of primary amides is 1. The number of nitrogens with one attached hydrogen (secondary N) is 1. The molecule has 3 heterocycles. The van der Waals surface area contributed by atoms with Crippen LogP contribution in [0, 0.1) is 0 Å². The molecule has 1 fully saturated rings. The Morgan fingerprint density at radius 2 is 2.06 bits per heavy atom. The molecule has 11 heteroatoms. The van der Waals surface area contributed by atoms with Crippen molar-refractivity contribution in [2.75, 3.05) is 43.2 Å². The molecule has 3 N–H and O–H groups in total. The van der Waals surface area contributed by atoms with Crippen molar-refractivity contribution in [1.82, 2.24) is 19.9 Å². The van der Waals surface area contributed by atoms with Crippen LogP contribution in [0.25, 0.3) is 0 Å². The number of nitrogens with zero attached hydrogens (tertiary/aromatic N) is 6. The van der Waals surface area contributed by atoms with E-state index < -0.39 is 5.91 Å². The van der Waals surface area contributed by atoms with Crippen molar-refractivity contribution in [2.45, 2.75) is 6.42 Å². The molecule has 4 rings (SSSR count). The summed E-state index contributed by atoms with van der Waals surface area (Å²) in [6.07, 6.45) is 3.84. The largest absolute Gasteiger partial charge is 0.463 e. The zero-order valence-electron chi connectivity index (χ0n) is 17.9. The molecule has 1 amide bonds. The summed E-state index contributed by atoms with van der Waals surface area (Å²) in [7, 11) is 0. The highest BCUT2D eigenvalue weighted by molar-refractivity contribution is 5.93. The Balaban J connectivity index is 1.47. The summed E-state index contributed by atoms with van der Waals surface area (Å²) in [5, 5.41) is 4.18. The number of anilines is 2. The van der Waals surface area contributed by atoms with Crippen LogP contribution in [0.2, 0.25) is 0 Å². The van der Waals surface area contributed by atoms with E-state index in [2.05, 4.69) is 30.5 Å². The van der Waals surface area contributed by atoms with Crippen LogP contribution in [0.15, 0.2) is 53.8 Å². The second kappa shape index (κ2) is 11.0. The third kappa shape index (κ3) is 6.43. The molecular formula is C22H24N8O3. The molecule has 0 aliphatic carbocycles. The molecule has 3 aromatic rings. The number of aromatic nitrogens is 4. The molecule has 0 spiro atoms. The summed E-state index contributed by atoms with van der Waals surface area (Å²) in [5.74, 6) is 0.318. The van der Waals surface area contributed by atoms with Gasteiger partial charge in [0.05, 0.1) is 31.7 Å². The first-order valence-corrected chi connectivity index (χ1v) is 10.5. The van der Waals surface area contributed by atoms with Gasteiger partial charge in [0.25, 0.3) is 0 Å². The Morgan fingerprint density at radius 1 is 1.18 bits per heavy atom.